The Kier molecular flexibility index (Phi) is 8.03. The van der Waals surface area contributed by atoms with Gasteiger partial charge >= 0.3 is 0 Å². The number of rotatable bonds is 6. The summed E-state index contributed by atoms with van der Waals surface area (Å²) in [4.78, 5) is 23.3. The van der Waals surface area contributed by atoms with Crippen LogP contribution in [0, 0.1) is 6.92 Å². The van der Waals surface area contributed by atoms with Crippen molar-refractivity contribution in [1.29, 1.82) is 0 Å². The van der Waals surface area contributed by atoms with E-state index in [0.717, 1.165) is 5.56 Å². The van der Waals surface area contributed by atoms with Crippen LogP contribution in [-0.2, 0) is 4.79 Å². The molecule has 0 heterocycles. The average Bonchev–Trinajstić information content (AvgIpc) is 2.36. The molecule has 1 atom stereocenters. The lowest BCUT2D eigenvalue weighted by molar-refractivity contribution is -0.121. The highest BCUT2D eigenvalue weighted by molar-refractivity contribution is 5.97. The summed E-state index contributed by atoms with van der Waals surface area (Å²) < 4.78 is 0. The van der Waals surface area contributed by atoms with Gasteiger partial charge in [-0.2, -0.15) is 0 Å². The highest BCUT2D eigenvalue weighted by atomic mass is 35.5. The average molecular weight is 285 g/mol. The molecule has 1 aromatic rings. The minimum absolute atomic E-state index is 0. The lowest BCUT2D eigenvalue weighted by Gasteiger charge is -2.10. The molecule has 3 N–H and O–H groups in total. The van der Waals surface area contributed by atoms with Crippen LogP contribution in [0.2, 0.25) is 0 Å². The molecule has 1 amide bonds. The molecule has 4 nitrogen and oxygen atoms in total. The number of halogens is 1. The minimum Gasteiger partial charge on any atom is -0.352 e. The van der Waals surface area contributed by atoms with Gasteiger partial charge in [-0.05, 0) is 13.8 Å². The highest BCUT2D eigenvalue weighted by Gasteiger charge is 2.10. The van der Waals surface area contributed by atoms with E-state index in [1.165, 1.54) is 0 Å². The molecule has 1 rings (SSSR count). The maximum atomic E-state index is 11.8. The fraction of sp³-hybridized carbons (Fsp3) is 0.429. The van der Waals surface area contributed by atoms with Crippen LogP contribution in [0.25, 0.3) is 0 Å². The van der Waals surface area contributed by atoms with Crippen molar-refractivity contribution in [1.82, 2.24) is 5.32 Å². The van der Waals surface area contributed by atoms with Crippen LogP contribution in [0.4, 0.5) is 0 Å². The van der Waals surface area contributed by atoms with Crippen LogP contribution in [-0.4, -0.2) is 24.3 Å². The quantitative estimate of drug-likeness (QED) is 0.783. The number of aryl methyl sites for hydroxylation is 1. The maximum Gasteiger partial charge on any atom is 0.220 e. The summed E-state index contributed by atoms with van der Waals surface area (Å²) in [5, 5.41) is 2.73. The molecule has 0 unspecified atom stereocenters. The summed E-state index contributed by atoms with van der Waals surface area (Å²) in [6, 6.07) is 7.32. The second-order valence-corrected chi connectivity index (χ2v) is 4.49. The number of carbonyl (C=O) groups is 2. The SMILES string of the molecule is Cc1ccc(C(=O)CCC(=O)N[C@@H](C)CN)cc1.Cl. The fourth-order valence-electron chi connectivity index (χ4n) is 1.52. The largest absolute Gasteiger partial charge is 0.352 e. The van der Waals surface area contributed by atoms with Crippen molar-refractivity contribution in [2.24, 2.45) is 5.73 Å². The number of hydrogen-bond acceptors (Lipinski definition) is 3. The molecule has 0 aliphatic rings. The van der Waals surface area contributed by atoms with E-state index in [4.69, 9.17) is 5.73 Å². The van der Waals surface area contributed by atoms with E-state index in [1.54, 1.807) is 12.1 Å². The van der Waals surface area contributed by atoms with Crippen molar-refractivity contribution in [2.75, 3.05) is 6.54 Å². The van der Waals surface area contributed by atoms with E-state index in [-0.39, 0.29) is 43.0 Å². The van der Waals surface area contributed by atoms with Gasteiger partial charge in [0.1, 0.15) is 0 Å². The van der Waals surface area contributed by atoms with Crippen molar-refractivity contribution >= 4 is 24.1 Å². The van der Waals surface area contributed by atoms with Gasteiger partial charge in [-0.15, -0.1) is 12.4 Å². The van der Waals surface area contributed by atoms with Gasteiger partial charge in [0.05, 0.1) is 0 Å². The lowest BCUT2D eigenvalue weighted by atomic mass is 10.0. The number of nitrogens with one attached hydrogen (secondary N) is 1. The Balaban J connectivity index is 0.00000324. The Morgan fingerprint density at radius 2 is 1.79 bits per heavy atom. The normalized spacial score (nSPS) is 11.3. The summed E-state index contributed by atoms with van der Waals surface area (Å²) in [7, 11) is 0. The standard InChI is InChI=1S/C14H20N2O2.ClH/c1-10-3-5-12(6-4-10)13(17)7-8-14(18)16-11(2)9-15;/h3-6,11H,7-9,15H2,1-2H3,(H,16,18);1H/t11-;/m0./s1. The molecule has 0 saturated heterocycles. The lowest BCUT2D eigenvalue weighted by Crippen LogP contribution is -2.37. The summed E-state index contributed by atoms with van der Waals surface area (Å²) in [5.74, 6) is -0.140. The molecule has 1 aromatic carbocycles. The Hall–Kier alpha value is -1.39. The first-order chi connectivity index (χ1) is 8.52. The van der Waals surface area contributed by atoms with Crippen molar-refractivity contribution in [3.05, 3.63) is 35.4 Å². The van der Waals surface area contributed by atoms with Crippen molar-refractivity contribution in [3.63, 3.8) is 0 Å². The first-order valence-corrected chi connectivity index (χ1v) is 6.12. The third kappa shape index (κ3) is 6.36. The second-order valence-electron chi connectivity index (χ2n) is 4.49. The zero-order chi connectivity index (χ0) is 13.5. The molecule has 106 valence electrons. The number of carbonyl (C=O) groups excluding carboxylic acids is 2. The molecule has 0 radical (unpaired) electrons. The molecule has 0 aromatic heterocycles. The molecule has 19 heavy (non-hydrogen) atoms. The van der Waals surface area contributed by atoms with Gasteiger partial charge in [-0.3, -0.25) is 9.59 Å². The number of Topliss-reactive ketones (excluding diaryl/α,β-unsaturated/α-hetero) is 1. The Bertz CT molecular complexity index is 418. The molecular formula is C14H21ClN2O2. The molecule has 0 saturated carbocycles. The summed E-state index contributed by atoms with van der Waals surface area (Å²) in [6.07, 6.45) is 0.434. The molecule has 0 spiro atoms. The van der Waals surface area contributed by atoms with Gasteiger partial charge in [-0.1, -0.05) is 29.8 Å². The van der Waals surface area contributed by atoms with Gasteiger partial charge in [0.25, 0.3) is 0 Å². The number of ketones is 1. The van der Waals surface area contributed by atoms with Crippen molar-refractivity contribution < 1.29 is 9.59 Å². The molecule has 0 aliphatic carbocycles. The second kappa shape index (κ2) is 8.67. The molecule has 0 aliphatic heterocycles. The summed E-state index contributed by atoms with van der Waals surface area (Å²) in [6.45, 7) is 4.20. The van der Waals surface area contributed by atoms with E-state index in [1.807, 2.05) is 26.0 Å². The Morgan fingerprint density at radius 1 is 1.21 bits per heavy atom. The number of benzene rings is 1. The summed E-state index contributed by atoms with van der Waals surface area (Å²) in [5.41, 5.74) is 7.16. The monoisotopic (exact) mass is 284 g/mol. The predicted molar refractivity (Wildman–Crippen MR) is 78.7 cm³/mol. The number of nitrogens with two attached hydrogens (primary N) is 1. The van der Waals surface area contributed by atoms with E-state index in [9.17, 15) is 9.59 Å². The number of hydrogen-bond donors (Lipinski definition) is 2. The van der Waals surface area contributed by atoms with E-state index in [0.29, 0.717) is 12.1 Å². The van der Waals surface area contributed by atoms with Crippen LogP contribution >= 0.6 is 12.4 Å². The van der Waals surface area contributed by atoms with Gasteiger partial charge in [0.15, 0.2) is 5.78 Å². The smallest absolute Gasteiger partial charge is 0.220 e. The van der Waals surface area contributed by atoms with Crippen LogP contribution in [0.1, 0.15) is 35.7 Å². The first-order valence-electron chi connectivity index (χ1n) is 6.12. The minimum atomic E-state index is -0.131. The topological polar surface area (TPSA) is 72.2 Å². The van der Waals surface area contributed by atoms with Gasteiger partial charge < -0.3 is 11.1 Å². The fourth-order valence-corrected chi connectivity index (χ4v) is 1.52. The zero-order valence-electron chi connectivity index (χ0n) is 11.3. The summed E-state index contributed by atoms with van der Waals surface area (Å²) >= 11 is 0. The van der Waals surface area contributed by atoms with Crippen LogP contribution in [0.3, 0.4) is 0 Å². The molecule has 5 heteroatoms. The maximum absolute atomic E-state index is 11.8. The molecule has 0 bridgehead atoms. The Morgan fingerprint density at radius 3 is 2.32 bits per heavy atom. The van der Waals surface area contributed by atoms with Gasteiger partial charge in [0, 0.05) is 31.0 Å². The molecular weight excluding hydrogens is 264 g/mol. The first kappa shape index (κ1) is 17.6. The molecule has 0 fully saturated rings. The van der Waals surface area contributed by atoms with Crippen LogP contribution < -0.4 is 11.1 Å². The zero-order valence-corrected chi connectivity index (χ0v) is 12.1. The Labute approximate surface area is 120 Å². The van der Waals surface area contributed by atoms with Crippen molar-refractivity contribution in [3.8, 4) is 0 Å². The van der Waals surface area contributed by atoms with E-state index in [2.05, 4.69) is 5.32 Å². The van der Waals surface area contributed by atoms with Crippen LogP contribution in [0.5, 0.6) is 0 Å². The van der Waals surface area contributed by atoms with Crippen LogP contribution in [0.15, 0.2) is 24.3 Å². The third-order valence-corrected chi connectivity index (χ3v) is 2.71. The highest BCUT2D eigenvalue weighted by Crippen LogP contribution is 2.07. The van der Waals surface area contributed by atoms with E-state index < -0.39 is 0 Å². The van der Waals surface area contributed by atoms with Crippen molar-refractivity contribution in [2.45, 2.75) is 32.7 Å². The van der Waals surface area contributed by atoms with Gasteiger partial charge in [-0.25, -0.2) is 0 Å². The predicted octanol–water partition coefficient (Wildman–Crippen LogP) is 1.84. The van der Waals surface area contributed by atoms with Gasteiger partial charge in [0.2, 0.25) is 5.91 Å². The third-order valence-electron chi connectivity index (χ3n) is 2.71. The number of amides is 1. The van der Waals surface area contributed by atoms with E-state index >= 15 is 0 Å².